The van der Waals surface area contributed by atoms with Crippen molar-refractivity contribution in [3.63, 3.8) is 0 Å². The van der Waals surface area contributed by atoms with E-state index < -0.39 is 5.97 Å². The molecule has 0 saturated heterocycles. The van der Waals surface area contributed by atoms with Crippen LogP contribution in [0.4, 0.5) is 4.39 Å². The maximum Gasteiger partial charge on any atom is 0.303 e. The Kier molecular flexibility index (Phi) is 6.03. The first kappa shape index (κ1) is 20.7. The van der Waals surface area contributed by atoms with Crippen molar-refractivity contribution < 1.29 is 19.0 Å². The van der Waals surface area contributed by atoms with Crippen LogP contribution < -0.4 is 4.74 Å². The van der Waals surface area contributed by atoms with E-state index in [2.05, 4.69) is 42.0 Å². The molecule has 31 heavy (non-hydrogen) atoms. The minimum Gasteiger partial charge on any atom is -0.488 e. The third-order valence-corrected chi connectivity index (χ3v) is 5.40. The van der Waals surface area contributed by atoms with Gasteiger partial charge in [0.25, 0.3) is 0 Å². The van der Waals surface area contributed by atoms with Crippen LogP contribution in [0.5, 0.6) is 5.75 Å². The Balaban J connectivity index is 1.68. The molecule has 4 nitrogen and oxygen atoms in total. The molecule has 0 bridgehead atoms. The molecule has 3 aromatic carbocycles. The highest BCUT2D eigenvalue weighted by molar-refractivity contribution is 5.87. The van der Waals surface area contributed by atoms with Crippen LogP contribution in [-0.4, -0.2) is 15.6 Å². The van der Waals surface area contributed by atoms with Gasteiger partial charge in [0.2, 0.25) is 0 Å². The number of benzene rings is 3. The number of rotatable bonds is 8. The molecule has 1 aromatic heterocycles. The fourth-order valence-corrected chi connectivity index (χ4v) is 3.72. The minimum atomic E-state index is -0.819. The molecule has 4 rings (SSSR count). The van der Waals surface area contributed by atoms with Crippen LogP contribution in [-0.2, 0) is 24.4 Å². The summed E-state index contributed by atoms with van der Waals surface area (Å²) in [6, 6.07) is 20.4. The Morgan fingerprint density at radius 3 is 2.52 bits per heavy atom. The smallest absolute Gasteiger partial charge is 0.303 e. The monoisotopic (exact) mass is 417 g/mol. The lowest BCUT2D eigenvalue weighted by molar-refractivity contribution is -0.136. The van der Waals surface area contributed by atoms with Crippen LogP contribution in [0.2, 0.25) is 0 Å². The lowest BCUT2D eigenvalue weighted by atomic mass is 9.98. The second-order valence-electron chi connectivity index (χ2n) is 7.51. The quantitative estimate of drug-likeness (QED) is 0.379. The molecule has 5 heteroatoms. The molecule has 0 fully saturated rings. The molecule has 1 N–H and O–H groups in total. The number of hydrogen-bond acceptors (Lipinski definition) is 2. The Morgan fingerprint density at radius 1 is 1.00 bits per heavy atom. The molecule has 0 saturated carbocycles. The molecular weight excluding hydrogens is 393 g/mol. The largest absolute Gasteiger partial charge is 0.488 e. The lowest BCUT2D eigenvalue weighted by Gasteiger charge is -2.14. The zero-order valence-electron chi connectivity index (χ0n) is 17.3. The van der Waals surface area contributed by atoms with Gasteiger partial charge in [-0.15, -0.1) is 0 Å². The Labute approximate surface area is 180 Å². The maximum atomic E-state index is 13.2. The van der Waals surface area contributed by atoms with Gasteiger partial charge in [-0.25, -0.2) is 4.39 Å². The first-order chi connectivity index (χ1) is 15.0. The van der Waals surface area contributed by atoms with Gasteiger partial charge in [0, 0.05) is 35.6 Å². The highest BCUT2D eigenvalue weighted by Gasteiger charge is 2.11. The van der Waals surface area contributed by atoms with E-state index in [-0.39, 0.29) is 12.2 Å². The molecule has 0 aliphatic heterocycles. The van der Waals surface area contributed by atoms with Crippen LogP contribution in [0.1, 0.15) is 24.5 Å². The van der Waals surface area contributed by atoms with Gasteiger partial charge in [-0.05, 0) is 72.5 Å². The number of ether oxygens (including phenoxy) is 1. The van der Waals surface area contributed by atoms with Crippen molar-refractivity contribution >= 4 is 16.9 Å². The summed E-state index contributed by atoms with van der Waals surface area (Å²) in [6.07, 6.45) is 2.60. The van der Waals surface area contributed by atoms with Gasteiger partial charge in [-0.1, -0.05) is 24.3 Å². The zero-order valence-corrected chi connectivity index (χ0v) is 17.3. The van der Waals surface area contributed by atoms with Crippen molar-refractivity contribution in [3.05, 3.63) is 89.9 Å². The number of fused-ring (bicyclic) bond motifs is 1. The van der Waals surface area contributed by atoms with E-state index in [4.69, 9.17) is 9.84 Å². The van der Waals surface area contributed by atoms with E-state index in [0.29, 0.717) is 18.8 Å². The zero-order chi connectivity index (χ0) is 21.8. The standard InChI is InChI=1S/C26H24FNO3/c1-2-28-14-13-21-16-20(7-10-24(21)28)23-15-18(6-12-26(29)30)5-11-25(23)31-17-19-3-8-22(27)9-4-19/h3-5,7-11,13-16H,2,6,12,17H2,1H3,(H,29,30). The minimum absolute atomic E-state index is 0.0770. The Bertz CT molecular complexity index is 1210. The second-order valence-corrected chi connectivity index (χ2v) is 7.51. The molecule has 0 amide bonds. The third kappa shape index (κ3) is 4.77. The fourth-order valence-electron chi connectivity index (χ4n) is 3.72. The number of carboxylic acid groups (broad SMARTS) is 1. The summed E-state index contributed by atoms with van der Waals surface area (Å²) in [5, 5.41) is 10.2. The average Bonchev–Trinajstić information content (AvgIpc) is 3.20. The summed E-state index contributed by atoms with van der Waals surface area (Å²) in [7, 11) is 0. The van der Waals surface area contributed by atoms with E-state index in [1.165, 1.54) is 17.6 Å². The second kappa shape index (κ2) is 9.04. The van der Waals surface area contributed by atoms with E-state index in [1.807, 2.05) is 18.2 Å². The molecular formula is C26H24FNO3. The number of aryl methyl sites for hydroxylation is 2. The van der Waals surface area contributed by atoms with E-state index >= 15 is 0 Å². The first-order valence-corrected chi connectivity index (χ1v) is 10.3. The number of aromatic nitrogens is 1. The van der Waals surface area contributed by atoms with Gasteiger partial charge in [-0.3, -0.25) is 4.79 Å². The molecule has 0 spiro atoms. The number of carbonyl (C=O) groups is 1. The summed E-state index contributed by atoms with van der Waals surface area (Å²) in [6.45, 7) is 3.33. The van der Waals surface area contributed by atoms with Crippen LogP contribution in [0.3, 0.4) is 0 Å². The van der Waals surface area contributed by atoms with Crippen molar-refractivity contribution in [2.45, 2.75) is 32.9 Å². The first-order valence-electron chi connectivity index (χ1n) is 10.3. The third-order valence-electron chi connectivity index (χ3n) is 5.40. The van der Waals surface area contributed by atoms with Gasteiger partial charge < -0.3 is 14.4 Å². The SMILES string of the molecule is CCn1ccc2cc(-c3cc(CCC(=O)O)ccc3OCc3ccc(F)cc3)ccc21. The summed E-state index contributed by atoms with van der Waals surface area (Å²) in [5.74, 6) is -0.391. The number of carboxylic acids is 1. The highest BCUT2D eigenvalue weighted by Crippen LogP contribution is 2.34. The van der Waals surface area contributed by atoms with Crippen LogP contribution in [0, 0.1) is 5.82 Å². The van der Waals surface area contributed by atoms with Gasteiger partial charge in [0.05, 0.1) is 0 Å². The fraction of sp³-hybridized carbons (Fsp3) is 0.192. The predicted molar refractivity (Wildman–Crippen MR) is 120 cm³/mol. The molecule has 0 radical (unpaired) electrons. The van der Waals surface area contributed by atoms with Crippen molar-refractivity contribution in [1.82, 2.24) is 4.57 Å². The van der Waals surface area contributed by atoms with Crippen molar-refractivity contribution in [1.29, 1.82) is 0 Å². The Hall–Kier alpha value is -3.60. The highest BCUT2D eigenvalue weighted by atomic mass is 19.1. The number of hydrogen-bond donors (Lipinski definition) is 1. The van der Waals surface area contributed by atoms with Crippen LogP contribution in [0.25, 0.3) is 22.0 Å². The summed E-state index contributed by atoms with van der Waals surface area (Å²) >= 11 is 0. The van der Waals surface area contributed by atoms with Gasteiger partial charge in [-0.2, -0.15) is 0 Å². The molecule has 0 atom stereocenters. The van der Waals surface area contributed by atoms with Gasteiger partial charge >= 0.3 is 5.97 Å². The number of halogens is 1. The molecule has 158 valence electrons. The Morgan fingerprint density at radius 2 is 1.77 bits per heavy atom. The van der Waals surface area contributed by atoms with E-state index in [1.54, 1.807) is 12.1 Å². The van der Waals surface area contributed by atoms with E-state index in [9.17, 15) is 9.18 Å². The normalized spacial score (nSPS) is 11.0. The van der Waals surface area contributed by atoms with Crippen molar-refractivity contribution in [2.24, 2.45) is 0 Å². The maximum absolute atomic E-state index is 13.2. The van der Waals surface area contributed by atoms with Gasteiger partial charge in [0.1, 0.15) is 18.2 Å². The molecule has 0 unspecified atom stereocenters. The lowest BCUT2D eigenvalue weighted by Crippen LogP contribution is -2.00. The topological polar surface area (TPSA) is 51.5 Å². The summed E-state index contributed by atoms with van der Waals surface area (Å²) in [5.41, 5.74) is 4.90. The number of nitrogens with zero attached hydrogens (tertiary/aromatic N) is 1. The molecule has 0 aliphatic carbocycles. The summed E-state index contributed by atoms with van der Waals surface area (Å²) in [4.78, 5) is 11.0. The summed E-state index contributed by atoms with van der Waals surface area (Å²) < 4.78 is 21.5. The van der Waals surface area contributed by atoms with Crippen molar-refractivity contribution in [3.8, 4) is 16.9 Å². The predicted octanol–water partition coefficient (Wildman–Crippen LogP) is 6.06. The molecule has 4 aromatic rings. The average molecular weight is 417 g/mol. The molecule has 0 aliphatic rings. The van der Waals surface area contributed by atoms with Crippen LogP contribution in [0.15, 0.2) is 72.9 Å². The van der Waals surface area contributed by atoms with Gasteiger partial charge in [0.15, 0.2) is 0 Å². The van der Waals surface area contributed by atoms with Crippen molar-refractivity contribution in [2.75, 3.05) is 0 Å². The molecule has 1 heterocycles. The number of aliphatic carboxylic acids is 1. The van der Waals surface area contributed by atoms with Crippen LogP contribution >= 0.6 is 0 Å². The van der Waals surface area contributed by atoms with E-state index in [0.717, 1.165) is 34.2 Å².